The number of urea groups is 1. The minimum absolute atomic E-state index is 0.0506. The van der Waals surface area contributed by atoms with E-state index in [1.807, 2.05) is 44.4 Å². The second-order valence-corrected chi connectivity index (χ2v) is 5.46. The molecule has 0 spiro atoms. The zero-order valence-electron chi connectivity index (χ0n) is 13.7. The summed E-state index contributed by atoms with van der Waals surface area (Å²) in [6, 6.07) is 7.54. The van der Waals surface area contributed by atoms with E-state index in [-0.39, 0.29) is 12.6 Å². The molecule has 3 N–H and O–H groups in total. The van der Waals surface area contributed by atoms with Gasteiger partial charge >= 0.3 is 6.03 Å². The summed E-state index contributed by atoms with van der Waals surface area (Å²) in [5.41, 5.74) is 4.08. The summed E-state index contributed by atoms with van der Waals surface area (Å²) in [6.45, 7) is 3.15. The minimum Gasteiger partial charge on any atom is -0.392 e. The van der Waals surface area contributed by atoms with Crippen LogP contribution in [-0.4, -0.2) is 27.5 Å². The first-order chi connectivity index (χ1) is 11.1. The molecule has 124 valence electrons. The van der Waals surface area contributed by atoms with Gasteiger partial charge in [0.05, 0.1) is 12.3 Å². The van der Waals surface area contributed by atoms with Crippen molar-refractivity contribution in [3.63, 3.8) is 0 Å². The van der Waals surface area contributed by atoms with Crippen molar-refractivity contribution >= 4 is 6.03 Å². The molecule has 23 heavy (non-hydrogen) atoms. The molecule has 0 unspecified atom stereocenters. The van der Waals surface area contributed by atoms with Gasteiger partial charge in [-0.3, -0.25) is 4.68 Å². The summed E-state index contributed by atoms with van der Waals surface area (Å²) in [4.78, 5) is 11.8. The van der Waals surface area contributed by atoms with Gasteiger partial charge in [-0.25, -0.2) is 4.79 Å². The second kappa shape index (κ2) is 8.33. The van der Waals surface area contributed by atoms with Crippen molar-refractivity contribution < 1.29 is 9.90 Å². The highest BCUT2D eigenvalue weighted by atomic mass is 16.3. The molecule has 0 aliphatic carbocycles. The van der Waals surface area contributed by atoms with Crippen LogP contribution in [0, 0.1) is 0 Å². The van der Waals surface area contributed by atoms with Crippen molar-refractivity contribution in [2.24, 2.45) is 7.05 Å². The summed E-state index contributed by atoms with van der Waals surface area (Å²) >= 11 is 0. The van der Waals surface area contributed by atoms with Crippen LogP contribution in [0.2, 0.25) is 0 Å². The number of amides is 2. The molecule has 2 amide bonds. The van der Waals surface area contributed by atoms with Crippen LogP contribution < -0.4 is 10.6 Å². The Balaban J connectivity index is 1.72. The normalized spacial score (nSPS) is 10.6. The van der Waals surface area contributed by atoms with Gasteiger partial charge < -0.3 is 15.7 Å². The smallest absolute Gasteiger partial charge is 0.315 e. The number of nitrogens with one attached hydrogen (secondary N) is 2. The molecule has 0 fully saturated rings. The van der Waals surface area contributed by atoms with Crippen LogP contribution in [-0.2, 0) is 33.0 Å². The number of benzene rings is 1. The number of aromatic nitrogens is 2. The fourth-order valence-corrected chi connectivity index (χ4v) is 2.40. The lowest BCUT2D eigenvalue weighted by Gasteiger charge is -2.08. The maximum Gasteiger partial charge on any atom is 0.315 e. The van der Waals surface area contributed by atoms with Gasteiger partial charge in [-0.15, -0.1) is 0 Å². The molecule has 1 aromatic carbocycles. The monoisotopic (exact) mass is 316 g/mol. The molecule has 0 saturated heterocycles. The molecular formula is C17H24N4O2. The molecule has 1 aromatic heterocycles. The Bertz CT molecular complexity index is 635. The van der Waals surface area contributed by atoms with Gasteiger partial charge in [0.25, 0.3) is 0 Å². The summed E-state index contributed by atoms with van der Waals surface area (Å²) in [6.07, 6.45) is 3.54. The lowest BCUT2D eigenvalue weighted by atomic mass is 10.1. The third kappa shape index (κ3) is 5.10. The topological polar surface area (TPSA) is 79.2 Å². The number of hydrogen-bond acceptors (Lipinski definition) is 3. The Morgan fingerprint density at radius 3 is 2.57 bits per heavy atom. The number of aliphatic hydroxyl groups excluding tert-OH is 1. The van der Waals surface area contributed by atoms with Crippen molar-refractivity contribution in [3.05, 3.63) is 52.8 Å². The maximum atomic E-state index is 11.8. The summed E-state index contributed by atoms with van der Waals surface area (Å²) in [5.74, 6) is 0. The van der Waals surface area contributed by atoms with Crippen LogP contribution in [0.3, 0.4) is 0 Å². The van der Waals surface area contributed by atoms with E-state index in [9.17, 15) is 4.79 Å². The summed E-state index contributed by atoms with van der Waals surface area (Å²) in [7, 11) is 1.88. The number of nitrogens with zero attached hydrogens (tertiary/aromatic N) is 2. The van der Waals surface area contributed by atoms with Crippen molar-refractivity contribution in [3.8, 4) is 0 Å². The predicted octanol–water partition coefficient (Wildman–Crippen LogP) is 1.52. The van der Waals surface area contributed by atoms with Gasteiger partial charge in [0.2, 0.25) is 0 Å². The van der Waals surface area contributed by atoms with Gasteiger partial charge in [-0.1, -0.05) is 31.2 Å². The Morgan fingerprint density at radius 1 is 1.22 bits per heavy atom. The van der Waals surface area contributed by atoms with E-state index in [0.717, 1.165) is 35.2 Å². The number of aliphatic hydroxyl groups is 1. The first-order valence-corrected chi connectivity index (χ1v) is 7.84. The van der Waals surface area contributed by atoms with Crippen molar-refractivity contribution in [1.82, 2.24) is 20.4 Å². The summed E-state index contributed by atoms with van der Waals surface area (Å²) in [5, 5.41) is 19.1. The molecule has 1 heterocycles. The van der Waals surface area contributed by atoms with Crippen LogP contribution >= 0.6 is 0 Å². The predicted molar refractivity (Wildman–Crippen MR) is 88.9 cm³/mol. The van der Waals surface area contributed by atoms with Crippen LogP contribution in [0.1, 0.15) is 29.3 Å². The molecule has 0 atom stereocenters. The lowest BCUT2D eigenvalue weighted by Crippen LogP contribution is -2.36. The third-order valence-electron chi connectivity index (χ3n) is 3.67. The quantitative estimate of drug-likeness (QED) is 0.724. The van der Waals surface area contributed by atoms with E-state index in [0.29, 0.717) is 13.1 Å². The first-order valence-electron chi connectivity index (χ1n) is 7.84. The number of aryl methyl sites for hydroxylation is 2. The molecule has 6 nitrogen and oxygen atoms in total. The fraction of sp³-hybridized carbons (Fsp3) is 0.412. The highest BCUT2D eigenvalue weighted by molar-refractivity contribution is 5.73. The number of carbonyl (C=O) groups is 1. The number of rotatable bonds is 7. The van der Waals surface area contributed by atoms with Gasteiger partial charge in [-0.2, -0.15) is 5.10 Å². The Labute approximate surface area is 136 Å². The highest BCUT2D eigenvalue weighted by Gasteiger charge is 2.07. The van der Waals surface area contributed by atoms with Crippen molar-refractivity contribution in [2.75, 3.05) is 6.54 Å². The van der Waals surface area contributed by atoms with E-state index in [4.69, 9.17) is 5.11 Å². The van der Waals surface area contributed by atoms with E-state index in [1.54, 1.807) is 4.68 Å². The van der Waals surface area contributed by atoms with E-state index in [2.05, 4.69) is 15.7 Å². The Kier molecular flexibility index (Phi) is 6.17. The molecule has 0 saturated carbocycles. The minimum atomic E-state index is -0.178. The average molecular weight is 316 g/mol. The highest BCUT2D eigenvalue weighted by Crippen LogP contribution is 2.06. The first kappa shape index (κ1) is 17.0. The standard InChI is InChI=1S/C17H24N4O2/c1-3-16-15(11-21(2)20-16)10-19-17(23)18-9-8-13-4-6-14(12-22)7-5-13/h4-7,11,22H,3,8-10,12H2,1-2H3,(H2,18,19,23). The lowest BCUT2D eigenvalue weighted by molar-refractivity contribution is 0.240. The van der Waals surface area contributed by atoms with Crippen molar-refractivity contribution in [2.45, 2.75) is 32.9 Å². The molecule has 0 aliphatic heterocycles. The number of carbonyl (C=O) groups excluding carboxylic acids is 1. The largest absolute Gasteiger partial charge is 0.392 e. The van der Waals surface area contributed by atoms with E-state index in [1.165, 1.54) is 0 Å². The van der Waals surface area contributed by atoms with Crippen LogP contribution in [0.25, 0.3) is 0 Å². The van der Waals surface area contributed by atoms with Crippen LogP contribution in [0.15, 0.2) is 30.5 Å². The van der Waals surface area contributed by atoms with E-state index < -0.39 is 0 Å². The van der Waals surface area contributed by atoms with E-state index >= 15 is 0 Å². The average Bonchev–Trinajstić information content (AvgIpc) is 2.93. The molecular weight excluding hydrogens is 292 g/mol. The van der Waals surface area contributed by atoms with Gasteiger partial charge in [0.1, 0.15) is 0 Å². The maximum absolute atomic E-state index is 11.8. The van der Waals surface area contributed by atoms with Crippen LogP contribution in [0.4, 0.5) is 4.79 Å². The fourth-order valence-electron chi connectivity index (χ4n) is 2.40. The molecule has 6 heteroatoms. The SMILES string of the molecule is CCc1nn(C)cc1CNC(=O)NCCc1ccc(CO)cc1. The molecule has 0 bridgehead atoms. The molecule has 2 aromatic rings. The van der Waals surface area contributed by atoms with Gasteiger partial charge in [-0.05, 0) is 24.0 Å². The van der Waals surface area contributed by atoms with Gasteiger partial charge in [0.15, 0.2) is 0 Å². The Morgan fingerprint density at radius 2 is 1.91 bits per heavy atom. The van der Waals surface area contributed by atoms with Gasteiger partial charge in [0, 0.05) is 31.9 Å². The second-order valence-electron chi connectivity index (χ2n) is 5.46. The summed E-state index contributed by atoms with van der Waals surface area (Å²) < 4.78 is 1.77. The molecule has 2 rings (SSSR count). The molecule has 0 aliphatic rings. The molecule has 0 radical (unpaired) electrons. The van der Waals surface area contributed by atoms with Crippen molar-refractivity contribution in [1.29, 1.82) is 0 Å². The zero-order chi connectivity index (χ0) is 16.7. The zero-order valence-corrected chi connectivity index (χ0v) is 13.7. The number of hydrogen-bond donors (Lipinski definition) is 3. The Hall–Kier alpha value is -2.34. The van der Waals surface area contributed by atoms with Crippen LogP contribution in [0.5, 0.6) is 0 Å². The third-order valence-corrected chi connectivity index (χ3v) is 3.67.